The highest BCUT2D eigenvalue weighted by Crippen LogP contribution is 2.21. The highest BCUT2D eigenvalue weighted by molar-refractivity contribution is 6.04. The number of carbonyl (C=O) groups is 4. The predicted octanol–water partition coefficient (Wildman–Crippen LogP) is 7.93. The first kappa shape index (κ1) is 35.6. The summed E-state index contributed by atoms with van der Waals surface area (Å²) >= 11 is 0. The number of para-hydroxylation sites is 2. The molecule has 4 amide bonds. The molecule has 0 fully saturated rings. The normalized spacial score (nSPS) is 10.6. The summed E-state index contributed by atoms with van der Waals surface area (Å²) in [6.45, 7) is 0.962. The minimum Gasteiger partial charge on any atom is -0.337 e. The van der Waals surface area contributed by atoms with E-state index in [1.165, 1.54) is 0 Å². The van der Waals surface area contributed by atoms with Gasteiger partial charge in [0.25, 0.3) is 11.8 Å². The van der Waals surface area contributed by atoms with E-state index in [0.29, 0.717) is 48.4 Å². The van der Waals surface area contributed by atoms with Crippen molar-refractivity contribution in [2.75, 3.05) is 24.7 Å². The number of rotatable bonds is 17. The van der Waals surface area contributed by atoms with E-state index in [1.54, 1.807) is 60.3 Å². The summed E-state index contributed by atoms with van der Waals surface area (Å²) in [6, 6.07) is 33.8. The van der Waals surface area contributed by atoms with Crippen molar-refractivity contribution in [3.63, 3.8) is 0 Å². The van der Waals surface area contributed by atoms with Crippen molar-refractivity contribution in [3.05, 3.63) is 131 Å². The number of amides is 4. The summed E-state index contributed by atoms with van der Waals surface area (Å²) in [5.74, 6) is -0.509. The molecule has 4 aromatic rings. The van der Waals surface area contributed by atoms with Gasteiger partial charge in [0.2, 0.25) is 11.8 Å². The average Bonchev–Trinajstić information content (AvgIpc) is 3.10. The molecule has 8 nitrogen and oxygen atoms in total. The van der Waals surface area contributed by atoms with Crippen LogP contribution in [-0.2, 0) is 22.7 Å². The van der Waals surface area contributed by atoms with E-state index in [-0.39, 0.29) is 23.6 Å². The number of hydrogen-bond acceptors (Lipinski definition) is 4. The maximum absolute atomic E-state index is 13.1. The molecule has 8 heteroatoms. The van der Waals surface area contributed by atoms with Crippen LogP contribution in [0.1, 0.15) is 83.2 Å². The summed E-state index contributed by atoms with van der Waals surface area (Å²) in [5, 5.41) is 5.85. The summed E-state index contributed by atoms with van der Waals surface area (Å²) < 4.78 is 0. The monoisotopic (exact) mass is 646 g/mol. The van der Waals surface area contributed by atoms with Gasteiger partial charge in [-0.05, 0) is 48.2 Å². The molecule has 48 heavy (non-hydrogen) atoms. The van der Waals surface area contributed by atoms with Gasteiger partial charge in [0.1, 0.15) is 0 Å². The minimum atomic E-state index is -0.146. The molecule has 4 rings (SSSR count). The lowest BCUT2D eigenvalue weighted by Crippen LogP contribution is -2.27. The van der Waals surface area contributed by atoms with Crippen molar-refractivity contribution in [1.29, 1.82) is 0 Å². The third kappa shape index (κ3) is 11.2. The van der Waals surface area contributed by atoms with Crippen LogP contribution in [0, 0.1) is 0 Å². The first-order valence-electron chi connectivity index (χ1n) is 16.7. The molecule has 0 atom stereocenters. The third-order valence-electron chi connectivity index (χ3n) is 8.14. The molecular formula is C40H46N4O4. The molecule has 0 aliphatic heterocycles. The maximum Gasteiger partial charge on any atom is 0.256 e. The standard InChI is InChI=1S/C40H46N4O4/c1-43(29-31-19-9-7-10-20-31)39(47)33-23-15-17-25-35(33)41-37(45)27-13-5-3-4-6-14-28-38(46)42-36-26-18-16-24-34(36)40(48)44(2)30-32-21-11-8-12-22-32/h7-12,15-26H,3-6,13-14,27-30H2,1-2H3,(H,41,45)(H,42,46). The molecule has 250 valence electrons. The van der Waals surface area contributed by atoms with Crippen LogP contribution in [0.25, 0.3) is 0 Å². The van der Waals surface area contributed by atoms with E-state index < -0.39 is 0 Å². The van der Waals surface area contributed by atoms with Gasteiger partial charge in [-0.1, -0.05) is 111 Å². The molecule has 0 bridgehead atoms. The fraction of sp³-hybridized carbons (Fsp3) is 0.300. The molecular weight excluding hydrogens is 600 g/mol. The molecule has 0 radical (unpaired) electrons. The van der Waals surface area contributed by atoms with Crippen molar-refractivity contribution < 1.29 is 19.2 Å². The molecule has 0 heterocycles. The Hall–Kier alpha value is -5.24. The Morgan fingerprint density at radius 1 is 0.458 bits per heavy atom. The summed E-state index contributed by atoms with van der Waals surface area (Å²) in [6.07, 6.45) is 6.02. The van der Waals surface area contributed by atoms with E-state index in [9.17, 15) is 19.2 Å². The van der Waals surface area contributed by atoms with Crippen molar-refractivity contribution in [2.24, 2.45) is 0 Å². The molecule has 0 saturated heterocycles. The number of carbonyl (C=O) groups excluding carboxylic acids is 4. The van der Waals surface area contributed by atoms with Gasteiger partial charge >= 0.3 is 0 Å². The molecule has 0 aliphatic rings. The SMILES string of the molecule is CN(Cc1ccccc1)C(=O)c1ccccc1NC(=O)CCCCCCCCC(=O)Nc1ccccc1C(=O)N(C)Cc1ccccc1. The molecule has 4 aromatic carbocycles. The van der Waals surface area contributed by atoms with Gasteiger partial charge in [-0.15, -0.1) is 0 Å². The van der Waals surface area contributed by atoms with E-state index in [1.807, 2.05) is 72.8 Å². The van der Waals surface area contributed by atoms with Crippen molar-refractivity contribution in [3.8, 4) is 0 Å². The van der Waals surface area contributed by atoms with Crippen molar-refractivity contribution in [2.45, 2.75) is 64.5 Å². The van der Waals surface area contributed by atoms with Gasteiger partial charge < -0.3 is 20.4 Å². The van der Waals surface area contributed by atoms with Gasteiger partial charge in [-0.3, -0.25) is 19.2 Å². The highest BCUT2D eigenvalue weighted by atomic mass is 16.2. The zero-order valence-electron chi connectivity index (χ0n) is 28.0. The Bertz CT molecular complexity index is 1520. The van der Waals surface area contributed by atoms with Gasteiger partial charge in [-0.2, -0.15) is 0 Å². The average molecular weight is 647 g/mol. The Balaban J connectivity index is 1.11. The van der Waals surface area contributed by atoms with E-state index in [0.717, 1.165) is 49.7 Å². The van der Waals surface area contributed by atoms with Crippen LogP contribution >= 0.6 is 0 Å². The second-order valence-electron chi connectivity index (χ2n) is 12.1. The maximum atomic E-state index is 13.1. The first-order valence-corrected chi connectivity index (χ1v) is 16.7. The van der Waals surface area contributed by atoms with Crippen molar-refractivity contribution in [1.82, 2.24) is 9.80 Å². The predicted molar refractivity (Wildman–Crippen MR) is 192 cm³/mol. The lowest BCUT2D eigenvalue weighted by atomic mass is 10.1. The smallest absolute Gasteiger partial charge is 0.256 e. The van der Waals surface area contributed by atoms with Crippen LogP contribution < -0.4 is 10.6 Å². The fourth-order valence-electron chi connectivity index (χ4n) is 5.53. The number of nitrogens with zero attached hydrogens (tertiary/aromatic N) is 2. The van der Waals surface area contributed by atoms with Crippen LogP contribution in [0.2, 0.25) is 0 Å². The van der Waals surface area contributed by atoms with Gasteiger partial charge in [0.05, 0.1) is 22.5 Å². The Morgan fingerprint density at radius 3 is 1.19 bits per heavy atom. The molecule has 0 spiro atoms. The Labute approximate surface area is 284 Å². The van der Waals surface area contributed by atoms with Crippen LogP contribution in [0.15, 0.2) is 109 Å². The zero-order valence-corrected chi connectivity index (χ0v) is 28.0. The largest absolute Gasteiger partial charge is 0.337 e. The molecule has 0 aromatic heterocycles. The van der Waals surface area contributed by atoms with Crippen molar-refractivity contribution >= 4 is 35.0 Å². The van der Waals surface area contributed by atoms with Gasteiger partial charge in [0, 0.05) is 40.0 Å². The first-order chi connectivity index (χ1) is 23.3. The zero-order chi connectivity index (χ0) is 34.1. The van der Waals surface area contributed by atoms with E-state index in [4.69, 9.17) is 0 Å². The number of unbranched alkanes of at least 4 members (excludes halogenated alkanes) is 5. The topological polar surface area (TPSA) is 98.8 Å². The van der Waals surface area contributed by atoms with Crippen LogP contribution in [0.5, 0.6) is 0 Å². The van der Waals surface area contributed by atoms with Gasteiger partial charge in [-0.25, -0.2) is 0 Å². The summed E-state index contributed by atoms with van der Waals surface area (Å²) in [4.78, 5) is 54.9. The second-order valence-corrected chi connectivity index (χ2v) is 12.1. The highest BCUT2D eigenvalue weighted by Gasteiger charge is 2.18. The Morgan fingerprint density at radius 2 is 0.792 bits per heavy atom. The molecule has 0 aliphatic carbocycles. The summed E-state index contributed by atoms with van der Waals surface area (Å²) in [7, 11) is 3.52. The number of anilines is 2. The number of hydrogen-bond donors (Lipinski definition) is 2. The number of benzene rings is 4. The quantitative estimate of drug-likeness (QED) is 0.114. The molecule has 0 unspecified atom stereocenters. The fourth-order valence-corrected chi connectivity index (χ4v) is 5.53. The molecule has 0 saturated carbocycles. The summed E-state index contributed by atoms with van der Waals surface area (Å²) in [5.41, 5.74) is 4.07. The van der Waals surface area contributed by atoms with Gasteiger partial charge in [0.15, 0.2) is 0 Å². The van der Waals surface area contributed by atoms with Crippen LogP contribution in [-0.4, -0.2) is 47.5 Å². The second kappa shape index (κ2) is 18.8. The molecule has 2 N–H and O–H groups in total. The van der Waals surface area contributed by atoms with E-state index in [2.05, 4.69) is 10.6 Å². The van der Waals surface area contributed by atoms with E-state index >= 15 is 0 Å². The minimum absolute atomic E-state index is 0.109. The Kier molecular flexibility index (Phi) is 13.9. The van der Waals surface area contributed by atoms with Crippen LogP contribution in [0.4, 0.5) is 11.4 Å². The third-order valence-corrected chi connectivity index (χ3v) is 8.14. The van der Waals surface area contributed by atoms with Crippen LogP contribution in [0.3, 0.4) is 0 Å². The lowest BCUT2D eigenvalue weighted by Gasteiger charge is -2.19. The number of nitrogens with one attached hydrogen (secondary N) is 2. The lowest BCUT2D eigenvalue weighted by molar-refractivity contribution is -0.117.